The van der Waals surface area contributed by atoms with Gasteiger partial charge in [-0.1, -0.05) is 12.1 Å². The molecule has 2 aromatic carbocycles. The van der Waals surface area contributed by atoms with Gasteiger partial charge in [0.25, 0.3) is 0 Å². The van der Waals surface area contributed by atoms with E-state index in [1.165, 1.54) is 6.07 Å². The second-order valence-corrected chi connectivity index (χ2v) is 3.65. The van der Waals surface area contributed by atoms with Crippen molar-refractivity contribution in [3.05, 3.63) is 35.9 Å². The number of anilines is 1. The number of benzene rings is 2. The average Bonchev–Trinajstić information content (AvgIpc) is 2.34. The Balaban J connectivity index is 2.52. The maximum atomic E-state index is 11.5. The van der Waals surface area contributed by atoms with Gasteiger partial charge in [0.15, 0.2) is 0 Å². The molecule has 0 fully saturated rings. The van der Waals surface area contributed by atoms with Crippen LogP contribution in [0.5, 0.6) is 5.75 Å². The van der Waals surface area contributed by atoms with Crippen molar-refractivity contribution >= 4 is 22.4 Å². The van der Waals surface area contributed by atoms with Crippen LogP contribution in [0, 0.1) is 0 Å². The predicted octanol–water partition coefficient (Wildman–Crippen LogP) is 2.30. The molecule has 2 rings (SSSR count). The van der Waals surface area contributed by atoms with Gasteiger partial charge in [-0.2, -0.15) is 0 Å². The molecular weight excluding hydrogens is 218 g/mol. The minimum absolute atomic E-state index is 0.0429. The zero-order valence-corrected chi connectivity index (χ0v) is 9.43. The number of nitrogen functional groups attached to an aromatic ring is 1. The van der Waals surface area contributed by atoms with E-state index in [-0.39, 0.29) is 11.7 Å². The van der Waals surface area contributed by atoms with E-state index < -0.39 is 0 Å². The van der Waals surface area contributed by atoms with Crippen molar-refractivity contribution in [1.29, 1.82) is 0 Å². The maximum Gasteiger partial charge on any atom is 0.338 e. The van der Waals surface area contributed by atoms with Crippen molar-refractivity contribution < 1.29 is 14.6 Å². The number of phenols is 1. The quantitative estimate of drug-likeness (QED) is 0.472. The molecule has 0 heterocycles. The fourth-order valence-electron chi connectivity index (χ4n) is 1.68. The van der Waals surface area contributed by atoms with E-state index in [1.807, 2.05) is 0 Å². The summed E-state index contributed by atoms with van der Waals surface area (Å²) in [5.41, 5.74) is 6.53. The molecule has 0 atom stereocenters. The highest BCUT2D eigenvalue weighted by molar-refractivity contribution is 6.00. The number of nitrogens with two attached hydrogens (primary N) is 1. The van der Waals surface area contributed by atoms with E-state index in [0.717, 1.165) is 10.8 Å². The number of phenolic OH excluding ortho intramolecular Hbond substituents is 1. The Morgan fingerprint density at radius 1 is 1.35 bits per heavy atom. The van der Waals surface area contributed by atoms with E-state index >= 15 is 0 Å². The van der Waals surface area contributed by atoms with Gasteiger partial charge in [-0.15, -0.1) is 0 Å². The third kappa shape index (κ3) is 2.01. The molecule has 88 valence electrons. The highest BCUT2D eigenvalue weighted by Gasteiger charge is 2.09. The summed E-state index contributed by atoms with van der Waals surface area (Å²) in [5, 5.41) is 11.0. The first-order valence-electron chi connectivity index (χ1n) is 5.32. The van der Waals surface area contributed by atoms with E-state index in [4.69, 9.17) is 10.5 Å². The minimum atomic E-state index is -0.360. The first kappa shape index (κ1) is 11.3. The molecule has 0 spiro atoms. The van der Waals surface area contributed by atoms with Gasteiger partial charge in [0.2, 0.25) is 0 Å². The Morgan fingerprint density at radius 3 is 2.82 bits per heavy atom. The van der Waals surface area contributed by atoms with Gasteiger partial charge in [0.1, 0.15) is 5.75 Å². The highest BCUT2D eigenvalue weighted by Crippen LogP contribution is 2.30. The van der Waals surface area contributed by atoms with Gasteiger partial charge in [-0.3, -0.25) is 0 Å². The Kier molecular flexibility index (Phi) is 2.87. The molecule has 0 amide bonds. The molecule has 0 aliphatic heterocycles. The molecule has 2 aromatic rings. The van der Waals surface area contributed by atoms with Crippen molar-refractivity contribution in [2.75, 3.05) is 12.3 Å². The first-order chi connectivity index (χ1) is 8.13. The fraction of sp³-hybridized carbons (Fsp3) is 0.154. The van der Waals surface area contributed by atoms with Crippen LogP contribution in [0.1, 0.15) is 17.3 Å². The van der Waals surface area contributed by atoms with E-state index in [2.05, 4.69) is 0 Å². The lowest BCUT2D eigenvalue weighted by molar-refractivity contribution is 0.0526. The van der Waals surface area contributed by atoms with Crippen LogP contribution in [0.3, 0.4) is 0 Å². The largest absolute Gasteiger partial charge is 0.506 e. The van der Waals surface area contributed by atoms with Crippen LogP contribution in [0.25, 0.3) is 10.8 Å². The zero-order valence-electron chi connectivity index (χ0n) is 9.43. The summed E-state index contributed by atoms with van der Waals surface area (Å²) < 4.78 is 4.91. The normalized spacial score (nSPS) is 10.4. The topological polar surface area (TPSA) is 72.5 Å². The number of rotatable bonds is 2. The van der Waals surface area contributed by atoms with Crippen LogP contribution < -0.4 is 5.73 Å². The predicted molar refractivity (Wildman–Crippen MR) is 66.0 cm³/mol. The second kappa shape index (κ2) is 4.33. The summed E-state index contributed by atoms with van der Waals surface area (Å²) in [7, 11) is 0. The van der Waals surface area contributed by atoms with Gasteiger partial charge in [-0.05, 0) is 30.5 Å². The Morgan fingerprint density at radius 2 is 2.12 bits per heavy atom. The van der Waals surface area contributed by atoms with E-state index in [9.17, 15) is 9.90 Å². The van der Waals surface area contributed by atoms with Crippen LogP contribution in [0.15, 0.2) is 30.3 Å². The molecule has 0 aliphatic carbocycles. The summed E-state index contributed by atoms with van der Waals surface area (Å²) in [6, 6.07) is 8.26. The maximum absolute atomic E-state index is 11.5. The summed E-state index contributed by atoms with van der Waals surface area (Å²) in [5.74, 6) is -0.317. The molecule has 17 heavy (non-hydrogen) atoms. The first-order valence-corrected chi connectivity index (χ1v) is 5.32. The van der Waals surface area contributed by atoms with Crippen LogP contribution in [0.4, 0.5) is 5.69 Å². The molecule has 0 aromatic heterocycles. The molecule has 0 saturated heterocycles. The molecule has 0 saturated carbocycles. The monoisotopic (exact) mass is 231 g/mol. The Hall–Kier alpha value is -2.23. The number of esters is 1. The van der Waals surface area contributed by atoms with Crippen LogP contribution in [-0.2, 0) is 4.74 Å². The molecule has 4 nitrogen and oxygen atoms in total. The lowest BCUT2D eigenvalue weighted by Gasteiger charge is -2.06. The van der Waals surface area contributed by atoms with Crippen molar-refractivity contribution in [2.45, 2.75) is 6.92 Å². The molecule has 0 aliphatic rings. The molecule has 0 bridgehead atoms. The summed E-state index contributed by atoms with van der Waals surface area (Å²) in [6.07, 6.45) is 0. The molecule has 0 unspecified atom stereocenters. The third-order valence-corrected chi connectivity index (χ3v) is 2.55. The van der Waals surface area contributed by atoms with E-state index in [1.54, 1.807) is 31.2 Å². The van der Waals surface area contributed by atoms with Crippen molar-refractivity contribution in [3.8, 4) is 5.75 Å². The smallest absolute Gasteiger partial charge is 0.338 e. The highest BCUT2D eigenvalue weighted by atomic mass is 16.5. The standard InChI is InChI=1S/C13H13NO3/c1-2-17-13(16)9-3-5-10-8(7-9)4-6-11(15)12(10)14/h3-7,15H,2,14H2,1H3. The summed E-state index contributed by atoms with van der Waals surface area (Å²) in [6.45, 7) is 2.10. The fourth-order valence-corrected chi connectivity index (χ4v) is 1.68. The van der Waals surface area contributed by atoms with Crippen LogP contribution in [0.2, 0.25) is 0 Å². The van der Waals surface area contributed by atoms with Gasteiger partial charge in [-0.25, -0.2) is 4.79 Å². The molecular formula is C13H13NO3. The number of hydrogen-bond acceptors (Lipinski definition) is 4. The molecule has 4 heteroatoms. The SMILES string of the molecule is CCOC(=O)c1ccc2c(N)c(O)ccc2c1. The number of hydrogen-bond donors (Lipinski definition) is 2. The summed E-state index contributed by atoms with van der Waals surface area (Å²) >= 11 is 0. The number of fused-ring (bicyclic) bond motifs is 1. The van der Waals surface area contributed by atoms with Crippen molar-refractivity contribution in [2.24, 2.45) is 0 Å². The number of carbonyl (C=O) groups is 1. The summed E-state index contributed by atoms with van der Waals surface area (Å²) in [4.78, 5) is 11.5. The second-order valence-electron chi connectivity index (χ2n) is 3.65. The average molecular weight is 231 g/mol. The van der Waals surface area contributed by atoms with E-state index in [0.29, 0.717) is 17.9 Å². The Labute approximate surface area is 98.6 Å². The Bertz CT molecular complexity index is 578. The molecule has 0 radical (unpaired) electrons. The number of aromatic hydroxyl groups is 1. The zero-order chi connectivity index (χ0) is 12.4. The van der Waals surface area contributed by atoms with Gasteiger partial charge in [0.05, 0.1) is 17.9 Å². The lowest BCUT2D eigenvalue weighted by atomic mass is 10.1. The van der Waals surface area contributed by atoms with Crippen LogP contribution in [-0.4, -0.2) is 17.7 Å². The van der Waals surface area contributed by atoms with Gasteiger partial charge in [0, 0.05) is 5.39 Å². The van der Waals surface area contributed by atoms with Crippen LogP contribution >= 0.6 is 0 Å². The molecule has 3 N–H and O–H groups in total. The number of carbonyl (C=O) groups excluding carboxylic acids is 1. The lowest BCUT2D eigenvalue weighted by Crippen LogP contribution is -2.04. The number of ether oxygens (including phenoxy) is 1. The van der Waals surface area contributed by atoms with Crippen molar-refractivity contribution in [1.82, 2.24) is 0 Å². The van der Waals surface area contributed by atoms with Gasteiger partial charge >= 0.3 is 5.97 Å². The third-order valence-electron chi connectivity index (χ3n) is 2.55. The van der Waals surface area contributed by atoms with Crippen molar-refractivity contribution in [3.63, 3.8) is 0 Å². The van der Waals surface area contributed by atoms with Gasteiger partial charge < -0.3 is 15.6 Å². The minimum Gasteiger partial charge on any atom is -0.506 e.